The fraction of sp³-hybridized carbons (Fsp3) is 0.500. The first kappa shape index (κ1) is 14.2. The van der Waals surface area contributed by atoms with Crippen molar-refractivity contribution >= 4 is 17.9 Å². The van der Waals surface area contributed by atoms with Crippen LogP contribution in [-0.4, -0.2) is 44.4 Å². The molecule has 0 amide bonds. The number of carbonyl (C=O) groups is 3. The van der Waals surface area contributed by atoms with Crippen molar-refractivity contribution in [1.29, 1.82) is 0 Å². The highest BCUT2D eigenvalue weighted by atomic mass is 17.1. The van der Waals surface area contributed by atoms with Crippen molar-refractivity contribution in [2.45, 2.75) is 18.4 Å². The van der Waals surface area contributed by atoms with Gasteiger partial charge in [-0.1, -0.05) is 0 Å². The van der Waals surface area contributed by atoms with Crippen molar-refractivity contribution < 1.29 is 49.9 Å². The molecule has 0 spiro atoms. The van der Waals surface area contributed by atoms with Gasteiger partial charge < -0.3 is 14.9 Å². The highest BCUT2D eigenvalue weighted by Gasteiger charge is 2.44. The molecule has 0 aromatic rings. The van der Waals surface area contributed by atoms with Gasteiger partial charge in [0.05, 0.1) is 12.8 Å². The molecule has 0 radical (unpaired) electrons. The van der Waals surface area contributed by atoms with E-state index in [1.807, 2.05) is 0 Å². The van der Waals surface area contributed by atoms with Gasteiger partial charge in [-0.25, -0.2) is 14.4 Å². The van der Waals surface area contributed by atoms with Crippen LogP contribution >= 0.6 is 0 Å². The van der Waals surface area contributed by atoms with Crippen LogP contribution in [0, 0.1) is 0 Å². The van der Waals surface area contributed by atoms with Crippen LogP contribution in [0.25, 0.3) is 0 Å². The van der Waals surface area contributed by atoms with Gasteiger partial charge in [-0.05, 0) is 0 Å². The smallest absolute Gasteiger partial charge is 0.374 e. The summed E-state index contributed by atoms with van der Waals surface area (Å²) in [5.41, 5.74) is -2.83. The van der Waals surface area contributed by atoms with Crippen molar-refractivity contribution in [3.8, 4) is 0 Å². The Bertz CT molecular complexity index is 265. The molecule has 0 aliphatic carbocycles. The first-order chi connectivity index (χ1) is 7.39. The molecule has 10 heteroatoms. The highest BCUT2D eigenvalue weighted by Crippen LogP contribution is 2.18. The summed E-state index contributed by atoms with van der Waals surface area (Å²) >= 11 is 0. The molecule has 0 saturated carbocycles. The Morgan fingerprint density at radius 1 is 0.875 bits per heavy atom. The predicted octanol–water partition coefficient (Wildman–Crippen LogP) is -1.45. The molecule has 10 nitrogen and oxygen atoms in total. The van der Waals surface area contributed by atoms with Crippen LogP contribution in [0.4, 0.5) is 0 Å². The zero-order valence-electron chi connectivity index (χ0n) is 7.65. The van der Waals surface area contributed by atoms with E-state index >= 15 is 0 Å². The predicted molar refractivity (Wildman–Crippen MR) is 40.3 cm³/mol. The van der Waals surface area contributed by atoms with Gasteiger partial charge in [0.2, 0.25) is 0 Å². The minimum absolute atomic E-state index is 1.20. The maximum absolute atomic E-state index is 10.8. The van der Waals surface area contributed by atoms with Crippen LogP contribution in [-0.2, 0) is 29.0 Å². The Morgan fingerprint density at radius 3 is 1.50 bits per heavy atom. The summed E-state index contributed by atoms with van der Waals surface area (Å²) in [7, 11) is 0. The lowest BCUT2D eigenvalue weighted by atomic mass is 9.96. The lowest BCUT2D eigenvalue weighted by Gasteiger charge is -2.20. The Labute approximate surface area is 87.4 Å². The van der Waals surface area contributed by atoms with E-state index in [1.165, 1.54) is 0 Å². The molecule has 0 unspecified atom stereocenters. The molecule has 0 saturated heterocycles. The summed E-state index contributed by atoms with van der Waals surface area (Å²) in [5.74, 6) is -4.71. The monoisotopic (exact) mass is 240 g/mol. The molecule has 0 aliphatic rings. The van der Waals surface area contributed by atoms with Crippen LogP contribution in [0.3, 0.4) is 0 Å². The molecule has 0 fully saturated rings. The zero-order valence-corrected chi connectivity index (χ0v) is 7.65. The number of carbonyl (C=O) groups excluding carboxylic acids is 3. The third-order valence-electron chi connectivity index (χ3n) is 1.54. The fourth-order valence-electron chi connectivity index (χ4n) is 0.834. The molecule has 0 aromatic heterocycles. The lowest BCUT2D eigenvalue weighted by Crippen LogP contribution is -2.44. The molecule has 16 heavy (non-hydrogen) atoms. The Kier molecular flexibility index (Phi) is 5.32. The Balaban J connectivity index is 4.81. The van der Waals surface area contributed by atoms with Gasteiger partial charge in [-0.2, -0.15) is 15.8 Å². The molecule has 0 heterocycles. The summed E-state index contributed by atoms with van der Waals surface area (Å²) in [5, 5.41) is 33.2. The van der Waals surface area contributed by atoms with Crippen LogP contribution < -0.4 is 0 Å². The third kappa shape index (κ3) is 3.78. The van der Waals surface area contributed by atoms with Crippen molar-refractivity contribution in [2.24, 2.45) is 0 Å². The second kappa shape index (κ2) is 5.97. The molecule has 0 aliphatic heterocycles. The molecule has 92 valence electrons. The van der Waals surface area contributed by atoms with Crippen molar-refractivity contribution in [1.82, 2.24) is 0 Å². The largest absolute Gasteiger partial charge is 0.377 e. The summed E-state index contributed by atoms with van der Waals surface area (Å²) in [4.78, 5) is 41.4. The standard InChI is InChI=1S/C6H8O10/c7-3(14-11)1-6(10,5(9)16-13)2-4(8)15-12/h10-13H,1-2H2. The van der Waals surface area contributed by atoms with Gasteiger partial charge in [-0.15, -0.1) is 0 Å². The van der Waals surface area contributed by atoms with Crippen LogP contribution in [0.15, 0.2) is 0 Å². The average Bonchev–Trinajstić information content (AvgIpc) is 2.27. The Hall–Kier alpha value is -1.75. The van der Waals surface area contributed by atoms with Crippen LogP contribution in [0.2, 0.25) is 0 Å². The van der Waals surface area contributed by atoms with Crippen LogP contribution in [0.1, 0.15) is 12.8 Å². The normalized spacial score (nSPS) is 10.5. The lowest BCUT2D eigenvalue weighted by molar-refractivity contribution is -0.263. The van der Waals surface area contributed by atoms with E-state index in [1.54, 1.807) is 0 Å². The van der Waals surface area contributed by atoms with Crippen molar-refractivity contribution in [2.75, 3.05) is 0 Å². The highest BCUT2D eigenvalue weighted by molar-refractivity contribution is 5.89. The van der Waals surface area contributed by atoms with Gasteiger partial charge in [-0.3, -0.25) is 4.89 Å². The van der Waals surface area contributed by atoms with E-state index in [-0.39, 0.29) is 0 Å². The molecule has 0 bridgehead atoms. The molecule has 4 N–H and O–H groups in total. The maximum atomic E-state index is 10.8. The summed E-state index contributed by atoms with van der Waals surface area (Å²) in [6.07, 6.45) is -2.39. The molecule has 0 atom stereocenters. The number of hydrogen-bond donors (Lipinski definition) is 4. The van der Waals surface area contributed by atoms with E-state index in [0.29, 0.717) is 0 Å². The first-order valence-corrected chi connectivity index (χ1v) is 3.66. The van der Waals surface area contributed by atoms with E-state index in [9.17, 15) is 19.5 Å². The molecular weight excluding hydrogens is 232 g/mol. The summed E-state index contributed by atoms with van der Waals surface area (Å²) < 4.78 is 0. The first-order valence-electron chi connectivity index (χ1n) is 3.66. The molecule has 0 aromatic carbocycles. The number of aliphatic hydroxyl groups is 1. The number of rotatable bonds is 5. The quantitative estimate of drug-likeness (QED) is 0.254. The second-order valence-corrected chi connectivity index (χ2v) is 2.69. The van der Waals surface area contributed by atoms with E-state index in [2.05, 4.69) is 14.7 Å². The fourth-order valence-corrected chi connectivity index (χ4v) is 0.834. The van der Waals surface area contributed by atoms with Crippen molar-refractivity contribution in [3.63, 3.8) is 0 Å². The summed E-state index contributed by atoms with van der Waals surface area (Å²) in [6, 6.07) is 0. The summed E-state index contributed by atoms with van der Waals surface area (Å²) in [6.45, 7) is 0. The van der Waals surface area contributed by atoms with Gasteiger partial charge in [0.25, 0.3) is 0 Å². The topological polar surface area (TPSA) is 160 Å². The maximum Gasteiger partial charge on any atom is 0.374 e. The van der Waals surface area contributed by atoms with E-state index in [4.69, 9.17) is 15.8 Å². The minimum atomic E-state index is -2.83. The minimum Gasteiger partial charge on any atom is -0.377 e. The zero-order chi connectivity index (χ0) is 12.8. The number of hydrogen-bond acceptors (Lipinski definition) is 10. The van der Waals surface area contributed by atoms with Gasteiger partial charge in [0.15, 0.2) is 5.60 Å². The van der Waals surface area contributed by atoms with E-state index < -0.39 is 36.4 Å². The van der Waals surface area contributed by atoms with E-state index in [0.717, 1.165) is 0 Å². The second-order valence-electron chi connectivity index (χ2n) is 2.69. The van der Waals surface area contributed by atoms with Gasteiger partial charge in [0.1, 0.15) is 0 Å². The van der Waals surface area contributed by atoms with Gasteiger partial charge >= 0.3 is 17.9 Å². The molecular formula is C6H8O10. The van der Waals surface area contributed by atoms with Crippen LogP contribution in [0.5, 0.6) is 0 Å². The van der Waals surface area contributed by atoms with Crippen molar-refractivity contribution in [3.05, 3.63) is 0 Å². The molecule has 0 rings (SSSR count). The van der Waals surface area contributed by atoms with Gasteiger partial charge in [0, 0.05) is 0 Å². The Morgan fingerprint density at radius 2 is 1.25 bits per heavy atom. The SMILES string of the molecule is O=C(CC(O)(CC(=O)OO)C(=O)OO)OO. The average molecular weight is 240 g/mol. The third-order valence-corrected chi connectivity index (χ3v) is 1.54.